The van der Waals surface area contributed by atoms with Crippen LogP contribution < -0.4 is 15.4 Å². The van der Waals surface area contributed by atoms with Gasteiger partial charge in [-0.15, -0.1) is 0 Å². The molecule has 21 heavy (non-hydrogen) atoms. The number of rotatable bonds is 4. The smallest absolute Gasteiger partial charge is 0.422 e. The van der Waals surface area contributed by atoms with Gasteiger partial charge in [-0.05, 0) is 43.5 Å². The van der Waals surface area contributed by atoms with E-state index >= 15 is 0 Å². The average molecular weight is 302 g/mol. The Labute approximate surface area is 120 Å². The van der Waals surface area contributed by atoms with Gasteiger partial charge >= 0.3 is 6.18 Å². The highest BCUT2D eigenvalue weighted by molar-refractivity contribution is 5.84. The van der Waals surface area contributed by atoms with Crippen molar-refractivity contribution >= 4 is 11.6 Å². The summed E-state index contributed by atoms with van der Waals surface area (Å²) in [5.41, 5.74) is 0.677. The van der Waals surface area contributed by atoms with Gasteiger partial charge in [-0.2, -0.15) is 13.2 Å². The number of alkyl halides is 3. The molecular weight excluding hydrogens is 285 g/mol. The molecule has 1 heterocycles. The third kappa shape index (κ3) is 5.17. The minimum absolute atomic E-state index is 0.0510. The lowest BCUT2D eigenvalue weighted by Crippen LogP contribution is -2.37. The maximum Gasteiger partial charge on any atom is 0.422 e. The molecule has 0 saturated carbocycles. The number of hydrogen-bond donors (Lipinski definition) is 2. The summed E-state index contributed by atoms with van der Waals surface area (Å²) in [6, 6.07) is 5.79. The second-order valence-electron chi connectivity index (χ2n) is 4.91. The summed E-state index contributed by atoms with van der Waals surface area (Å²) in [5.74, 6) is 0.0908. The van der Waals surface area contributed by atoms with Crippen LogP contribution in [-0.2, 0) is 4.79 Å². The largest absolute Gasteiger partial charge is 0.484 e. The second kappa shape index (κ2) is 6.69. The molecule has 1 aromatic rings. The highest BCUT2D eigenvalue weighted by Crippen LogP contribution is 2.21. The van der Waals surface area contributed by atoms with Gasteiger partial charge in [0.1, 0.15) is 11.8 Å². The van der Waals surface area contributed by atoms with E-state index in [-0.39, 0.29) is 17.7 Å². The van der Waals surface area contributed by atoms with Gasteiger partial charge in [0.25, 0.3) is 0 Å². The quantitative estimate of drug-likeness (QED) is 0.899. The van der Waals surface area contributed by atoms with Crippen LogP contribution >= 0.6 is 0 Å². The molecule has 1 saturated heterocycles. The number of ether oxygens (including phenoxy) is 1. The van der Waals surface area contributed by atoms with Gasteiger partial charge in [0.2, 0.25) is 5.91 Å². The van der Waals surface area contributed by atoms with Crippen LogP contribution in [0.5, 0.6) is 5.75 Å². The third-order valence-corrected chi connectivity index (χ3v) is 3.13. The minimum Gasteiger partial charge on any atom is -0.484 e. The van der Waals surface area contributed by atoms with Crippen molar-refractivity contribution in [2.75, 3.05) is 18.5 Å². The van der Waals surface area contributed by atoms with E-state index in [1.807, 2.05) is 0 Å². The first-order chi connectivity index (χ1) is 9.94. The Morgan fingerprint density at radius 1 is 1.24 bits per heavy atom. The molecule has 1 aliphatic rings. The summed E-state index contributed by atoms with van der Waals surface area (Å²) in [7, 11) is 0. The molecule has 2 rings (SSSR count). The molecule has 1 aromatic carbocycles. The summed E-state index contributed by atoms with van der Waals surface area (Å²) in [5, 5.41) is 5.89. The molecule has 0 aromatic heterocycles. The Balaban J connectivity index is 1.91. The Morgan fingerprint density at radius 2 is 1.95 bits per heavy atom. The van der Waals surface area contributed by atoms with Crippen LogP contribution in [0.1, 0.15) is 19.3 Å². The topological polar surface area (TPSA) is 50.4 Å². The minimum atomic E-state index is -4.35. The lowest BCUT2D eigenvalue weighted by Gasteiger charge is -2.17. The van der Waals surface area contributed by atoms with Crippen molar-refractivity contribution in [1.82, 2.24) is 5.32 Å². The molecule has 0 unspecified atom stereocenters. The maximum atomic E-state index is 12.0. The SMILES string of the molecule is O=C1NCCCC[C@@H]1Nc1ccc(OCC(F)(F)F)cc1. The van der Waals surface area contributed by atoms with Crippen molar-refractivity contribution < 1.29 is 22.7 Å². The van der Waals surface area contributed by atoms with Crippen molar-refractivity contribution in [1.29, 1.82) is 0 Å². The van der Waals surface area contributed by atoms with Gasteiger partial charge in [-0.3, -0.25) is 4.79 Å². The zero-order valence-electron chi connectivity index (χ0n) is 11.4. The lowest BCUT2D eigenvalue weighted by atomic mass is 10.1. The molecule has 0 bridgehead atoms. The third-order valence-electron chi connectivity index (χ3n) is 3.13. The highest BCUT2D eigenvalue weighted by Gasteiger charge is 2.28. The van der Waals surface area contributed by atoms with E-state index in [1.54, 1.807) is 12.1 Å². The fourth-order valence-electron chi connectivity index (χ4n) is 2.09. The number of halogens is 3. The summed E-state index contributed by atoms with van der Waals surface area (Å²) >= 11 is 0. The van der Waals surface area contributed by atoms with Crippen molar-refractivity contribution in [3.63, 3.8) is 0 Å². The van der Waals surface area contributed by atoms with E-state index in [4.69, 9.17) is 0 Å². The van der Waals surface area contributed by atoms with Crippen LogP contribution in [0, 0.1) is 0 Å². The average Bonchev–Trinajstić information content (AvgIpc) is 2.63. The molecule has 4 nitrogen and oxygen atoms in total. The van der Waals surface area contributed by atoms with E-state index in [9.17, 15) is 18.0 Å². The fraction of sp³-hybridized carbons (Fsp3) is 0.500. The standard InChI is InChI=1S/C14H17F3N2O2/c15-14(16,17)9-21-11-6-4-10(5-7-11)19-12-3-1-2-8-18-13(12)20/h4-7,12,19H,1-3,8-9H2,(H,18,20)/t12-/m0/s1. The highest BCUT2D eigenvalue weighted by atomic mass is 19.4. The van der Waals surface area contributed by atoms with Crippen LogP contribution in [0.3, 0.4) is 0 Å². The number of benzene rings is 1. The lowest BCUT2D eigenvalue weighted by molar-refractivity contribution is -0.153. The number of amides is 1. The first kappa shape index (κ1) is 15.5. The van der Waals surface area contributed by atoms with E-state index < -0.39 is 12.8 Å². The van der Waals surface area contributed by atoms with Crippen molar-refractivity contribution in [3.05, 3.63) is 24.3 Å². The van der Waals surface area contributed by atoms with E-state index in [0.717, 1.165) is 19.3 Å². The zero-order valence-corrected chi connectivity index (χ0v) is 11.4. The number of carbonyl (C=O) groups excluding carboxylic acids is 1. The summed E-state index contributed by atoms with van der Waals surface area (Å²) in [4.78, 5) is 11.8. The zero-order chi connectivity index (χ0) is 15.3. The van der Waals surface area contributed by atoms with Crippen LogP contribution in [0.2, 0.25) is 0 Å². The normalized spacial score (nSPS) is 19.6. The maximum absolute atomic E-state index is 12.0. The van der Waals surface area contributed by atoms with Gasteiger partial charge < -0.3 is 15.4 Å². The molecule has 1 atom stereocenters. The summed E-state index contributed by atoms with van der Waals surface area (Å²) in [6.07, 6.45) is -1.72. The van der Waals surface area contributed by atoms with Crippen LogP contribution in [0.25, 0.3) is 0 Å². The molecular formula is C14H17F3N2O2. The fourth-order valence-corrected chi connectivity index (χ4v) is 2.09. The van der Waals surface area contributed by atoms with E-state index in [2.05, 4.69) is 15.4 Å². The molecule has 0 aliphatic carbocycles. The Morgan fingerprint density at radius 3 is 2.62 bits per heavy atom. The van der Waals surface area contributed by atoms with Crippen LogP contribution in [-0.4, -0.2) is 31.3 Å². The predicted molar refractivity (Wildman–Crippen MR) is 72.3 cm³/mol. The molecule has 7 heteroatoms. The molecule has 1 aliphatic heterocycles. The molecule has 2 N–H and O–H groups in total. The second-order valence-corrected chi connectivity index (χ2v) is 4.91. The Kier molecular flexibility index (Phi) is 4.93. The summed E-state index contributed by atoms with van der Waals surface area (Å²) < 4.78 is 40.7. The number of anilines is 1. The van der Waals surface area contributed by atoms with Crippen molar-refractivity contribution in [3.8, 4) is 5.75 Å². The Bertz CT molecular complexity index is 474. The number of nitrogens with one attached hydrogen (secondary N) is 2. The van der Waals surface area contributed by atoms with Gasteiger partial charge in [-0.25, -0.2) is 0 Å². The van der Waals surface area contributed by atoms with Gasteiger partial charge in [0, 0.05) is 12.2 Å². The van der Waals surface area contributed by atoms with E-state index in [1.165, 1.54) is 12.1 Å². The Hall–Kier alpha value is -1.92. The van der Waals surface area contributed by atoms with Crippen molar-refractivity contribution in [2.45, 2.75) is 31.5 Å². The predicted octanol–water partition coefficient (Wildman–Crippen LogP) is 2.71. The molecule has 0 radical (unpaired) electrons. The van der Waals surface area contributed by atoms with Gasteiger partial charge in [0.15, 0.2) is 6.61 Å². The van der Waals surface area contributed by atoms with Crippen LogP contribution in [0.4, 0.5) is 18.9 Å². The van der Waals surface area contributed by atoms with Crippen LogP contribution in [0.15, 0.2) is 24.3 Å². The monoisotopic (exact) mass is 302 g/mol. The molecule has 116 valence electrons. The molecule has 1 amide bonds. The van der Waals surface area contributed by atoms with Gasteiger partial charge in [0.05, 0.1) is 0 Å². The van der Waals surface area contributed by atoms with E-state index in [0.29, 0.717) is 12.2 Å². The van der Waals surface area contributed by atoms with Gasteiger partial charge in [-0.1, -0.05) is 0 Å². The summed E-state index contributed by atoms with van der Waals surface area (Å²) in [6.45, 7) is -0.633. The number of hydrogen-bond acceptors (Lipinski definition) is 3. The number of carbonyl (C=O) groups is 1. The molecule has 1 fully saturated rings. The van der Waals surface area contributed by atoms with Crippen molar-refractivity contribution in [2.24, 2.45) is 0 Å². The molecule has 0 spiro atoms. The first-order valence-corrected chi connectivity index (χ1v) is 6.78. The first-order valence-electron chi connectivity index (χ1n) is 6.78.